The summed E-state index contributed by atoms with van der Waals surface area (Å²) < 4.78 is 4.87. The van der Waals surface area contributed by atoms with E-state index in [1.807, 2.05) is 0 Å². The summed E-state index contributed by atoms with van der Waals surface area (Å²) in [4.78, 5) is 9.73. The molecule has 1 N–H and O–H groups in total. The van der Waals surface area contributed by atoms with Crippen molar-refractivity contribution in [3.63, 3.8) is 0 Å². The highest BCUT2D eigenvalue weighted by Gasteiger charge is 2.11. The van der Waals surface area contributed by atoms with Gasteiger partial charge in [0.1, 0.15) is 0 Å². The van der Waals surface area contributed by atoms with Crippen LogP contribution < -0.4 is 4.74 Å². The number of aromatic hydroxyl groups is 1. The predicted octanol–water partition coefficient (Wildman–Crippen LogP) is 1.87. The molecule has 0 saturated carbocycles. The van der Waals surface area contributed by atoms with E-state index in [2.05, 4.69) is 0 Å². The first kappa shape index (κ1) is 11.6. The summed E-state index contributed by atoms with van der Waals surface area (Å²) in [5, 5.41) is 20.2. The molecule has 0 bridgehead atoms. The third kappa shape index (κ3) is 2.99. The van der Waals surface area contributed by atoms with Crippen molar-refractivity contribution in [3.8, 4) is 11.5 Å². The lowest BCUT2D eigenvalue weighted by Gasteiger charge is -2.08. The van der Waals surface area contributed by atoms with Gasteiger partial charge >= 0.3 is 0 Å². The largest absolute Gasteiger partial charge is 0.504 e. The fourth-order valence-corrected chi connectivity index (χ4v) is 1.42. The molecule has 82 valence electrons. The Kier molecular flexibility index (Phi) is 3.74. The fraction of sp³-hybridized carbons (Fsp3) is 0.333. The van der Waals surface area contributed by atoms with E-state index in [-0.39, 0.29) is 24.5 Å². The predicted molar refractivity (Wildman–Crippen MR) is 55.2 cm³/mol. The molecular weight excluding hydrogens is 222 g/mol. The van der Waals surface area contributed by atoms with E-state index in [0.29, 0.717) is 10.6 Å². The molecule has 0 unspecified atom stereocenters. The second kappa shape index (κ2) is 4.84. The number of halogens is 1. The molecule has 0 atom stereocenters. The molecular formula is C9H10ClNO4. The molecule has 0 aliphatic carbocycles. The number of hydrogen-bond acceptors (Lipinski definition) is 4. The van der Waals surface area contributed by atoms with Crippen molar-refractivity contribution in [2.75, 3.05) is 13.7 Å². The van der Waals surface area contributed by atoms with E-state index in [1.54, 1.807) is 0 Å². The van der Waals surface area contributed by atoms with Crippen molar-refractivity contribution >= 4 is 11.6 Å². The lowest BCUT2D eigenvalue weighted by molar-refractivity contribution is -0.479. The van der Waals surface area contributed by atoms with Gasteiger partial charge in [-0.3, -0.25) is 10.1 Å². The van der Waals surface area contributed by atoms with Crippen LogP contribution in [0.2, 0.25) is 5.02 Å². The van der Waals surface area contributed by atoms with Crippen LogP contribution in [0.5, 0.6) is 11.5 Å². The Bertz CT molecular complexity index is 381. The Morgan fingerprint density at radius 1 is 1.60 bits per heavy atom. The summed E-state index contributed by atoms with van der Waals surface area (Å²) in [5.41, 5.74) is 0.413. The zero-order valence-electron chi connectivity index (χ0n) is 8.07. The number of benzene rings is 1. The summed E-state index contributed by atoms with van der Waals surface area (Å²) in [6, 6.07) is 2.94. The standard InChI is InChI=1S/C9H10ClNO4/c1-15-8-5-7(10)4-6(9(8)12)2-3-11(13)14/h4-5,12H,2-3H2,1H3. The van der Waals surface area contributed by atoms with Crippen LogP contribution in [0.3, 0.4) is 0 Å². The fourth-order valence-electron chi connectivity index (χ4n) is 1.19. The summed E-state index contributed by atoms with van der Waals surface area (Å²) in [7, 11) is 1.39. The van der Waals surface area contributed by atoms with Crippen molar-refractivity contribution < 1.29 is 14.8 Å². The number of ether oxygens (including phenoxy) is 1. The number of methoxy groups -OCH3 is 1. The Labute approximate surface area is 91.4 Å². The van der Waals surface area contributed by atoms with Crippen LogP contribution in [-0.2, 0) is 6.42 Å². The van der Waals surface area contributed by atoms with Gasteiger partial charge in [-0.25, -0.2) is 0 Å². The minimum absolute atomic E-state index is 0.0937. The normalized spacial score (nSPS) is 10.0. The zero-order valence-corrected chi connectivity index (χ0v) is 8.82. The topological polar surface area (TPSA) is 72.6 Å². The molecule has 1 rings (SSSR count). The van der Waals surface area contributed by atoms with E-state index in [4.69, 9.17) is 16.3 Å². The molecule has 6 heteroatoms. The molecule has 0 heterocycles. The second-order valence-electron chi connectivity index (χ2n) is 2.92. The van der Waals surface area contributed by atoms with E-state index in [9.17, 15) is 15.2 Å². The van der Waals surface area contributed by atoms with Gasteiger partial charge in [0.2, 0.25) is 6.54 Å². The molecule has 0 aromatic heterocycles. The van der Waals surface area contributed by atoms with Crippen molar-refractivity contribution in [1.29, 1.82) is 0 Å². The average molecular weight is 232 g/mol. The lowest BCUT2D eigenvalue weighted by atomic mass is 10.1. The maximum Gasteiger partial charge on any atom is 0.208 e. The Hall–Kier alpha value is -1.49. The van der Waals surface area contributed by atoms with Crippen molar-refractivity contribution in [2.24, 2.45) is 0 Å². The van der Waals surface area contributed by atoms with E-state index in [1.165, 1.54) is 19.2 Å². The van der Waals surface area contributed by atoms with Gasteiger partial charge in [0.05, 0.1) is 7.11 Å². The van der Waals surface area contributed by atoms with Gasteiger partial charge in [-0.2, -0.15) is 0 Å². The molecule has 0 spiro atoms. The van der Waals surface area contributed by atoms with Crippen LogP contribution in [0.1, 0.15) is 5.56 Å². The van der Waals surface area contributed by atoms with Gasteiger partial charge in [0.25, 0.3) is 0 Å². The molecule has 0 radical (unpaired) electrons. The molecule has 0 fully saturated rings. The third-order valence-corrected chi connectivity index (χ3v) is 2.12. The molecule has 5 nitrogen and oxygen atoms in total. The van der Waals surface area contributed by atoms with E-state index < -0.39 is 4.92 Å². The molecule has 0 aliphatic rings. The van der Waals surface area contributed by atoms with Gasteiger partial charge < -0.3 is 9.84 Å². The van der Waals surface area contributed by atoms with Crippen LogP contribution in [0, 0.1) is 10.1 Å². The first-order valence-corrected chi connectivity index (χ1v) is 4.59. The number of hydrogen-bond donors (Lipinski definition) is 1. The zero-order chi connectivity index (χ0) is 11.4. The van der Waals surface area contributed by atoms with Gasteiger partial charge in [-0.1, -0.05) is 11.6 Å². The molecule has 15 heavy (non-hydrogen) atoms. The minimum atomic E-state index is -0.452. The quantitative estimate of drug-likeness (QED) is 0.634. The van der Waals surface area contributed by atoms with Gasteiger partial charge in [0.15, 0.2) is 11.5 Å². The highest BCUT2D eigenvalue weighted by molar-refractivity contribution is 6.30. The number of nitro groups is 1. The Morgan fingerprint density at radius 2 is 2.27 bits per heavy atom. The van der Waals surface area contributed by atoms with Crippen LogP contribution in [-0.4, -0.2) is 23.7 Å². The highest BCUT2D eigenvalue weighted by Crippen LogP contribution is 2.33. The van der Waals surface area contributed by atoms with Crippen molar-refractivity contribution in [2.45, 2.75) is 6.42 Å². The molecule has 0 amide bonds. The van der Waals surface area contributed by atoms with Gasteiger partial charge in [-0.15, -0.1) is 0 Å². The maximum absolute atomic E-state index is 10.2. The van der Waals surface area contributed by atoms with Crippen LogP contribution >= 0.6 is 11.6 Å². The monoisotopic (exact) mass is 231 g/mol. The molecule has 1 aromatic rings. The van der Waals surface area contributed by atoms with Crippen LogP contribution in [0.25, 0.3) is 0 Å². The molecule has 1 aromatic carbocycles. The maximum atomic E-state index is 10.2. The third-order valence-electron chi connectivity index (χ3n) is 1.90. The van der Waals surface area contributed by atoms with Crippen molar-refractivity contribution in [3.05, 3.63) is 32.8 Å². The molecule has 0 saturated heterocycles. The van der Waals surface area contributed by atoms with Crippen LogP contribution in [0.15, 0.2) is 12.1 Å². The Balaban J connectivity index is 2.95. The summed E-state index contributed by atoms with van der Waals surface area (Å²) in [5.74, 6) is 0.129. The summed E-state index contributed by atoms with van der Waals surface area (Å²) in [6.45, 7) is -0.253. The second-order valence-corrected chi connectivity index (χ2v) is 3.36. The summed E-state index contributed by atoms with van der Waals surface area (Å²) >= 11 is 5.76. The first-order chi connectivity index (χ1) is 7.04. The lowest BCUT2D eigenvalue weighted by Crippen LogP contribution is -2.04. The average Bonchev–Trinajstić information content (AvgIpc) is 2.18. The van der Waals surface area contributed by atoms with Gasteiger partial charge in [0, 0.05) is 28.0 Å². The van der Waals surface area contributed by atoms with E-state index >= 15 is 0 Å². The number of nitrogens with zero attached hydrogens (tertiary/aromatic N) is 1. The first-order valence-electron chi connectivity index (χ1n) is 4.21. The van der Waals surface area contributed by atoms with Gasteiger partial charge in [-0.05, 0) is 6.07 Å². The number of phenolic OH excluding ortho intramolecular Hbond substituents is 1. The van der Waals surface area contributed by atoms with Crippen LogP contribution in [0.4, 0.5) is 0 Å². The smallest absolute Gasteiger partial charge is 0.208 e. The minimum Gasteiger partial charge on any atom is -0.504 e. The summed E-state index contributed by atoms with van der Waals surface area (Å²) in [6.07, 6.45) is 0.121. The van der Waals surface area contributed by atoms with E-state index in [0.717, 1.165) is 0 Å². The number of phenols is 1. The molecule has 0 aliphatic heterocycles. The Morgan fingerprint density at radius 3 is 2.80 bits per heavy atom. The van der Waals surface area contributed by atoms with Crippen molar-refractivity contribution in [1.82, 2.24) is 0 Å². The number of rotatable bonds is 4. The highest BCUT2D eigenvalue weighted by atomic mass is 35.5. The SMILES string of the molecule is COc1cc(Cl)cc(CC[N+](=O)[O-])c1O.